The molecule has 4 N–H and O–H groups in total. The largest absolute Gasteiger partial charge is 0.477 e. The molecule has 21 heavy (non-hydrogen) atoms. The molecule has 0 radical (unpaired) electrons. The number of anilines is 3. The highest BCUT2D eigenvalue weighted by Gasteiger charge is 2.11. The van der Waals surface area contributed by atoms with E-state index in [1.807, 2.05) is 25.1 Å². The van der Waals surface area contributed by atoms with Crippen LogP contribution in [-0.4, -0.2) is 21.0 Å². The molecule has 0 aliphatic carbocycles. The lowest BCUT2D eigenvalue weighted by Crippen LogP contribution is -2.05. The quantitative estimate of drug-likeness (QED) is 0.687. The number of hydrogen-bond donors (Lipinski definition) is 3. The molecule has 0 aliphatic heterocycles. The second-order valence-electron chi connectivity index (χ2n) is 4.55. The Morgan fingerprint density at radius 2 is 2.10 bits per heavy atom. The minimum Gasteiger partial charge on any atom is -0.477 e. The number of pyridine rings is 1. The second-order valence-corrected chi connectivity index (χ2v) is 5.59. The highest BCUT2D eigenvalue weighted by Crippen LogP contribution is 2.30. The summed E-state index contributed by atoms with van der Waals surface area (Å²) in [6, 6.07) is 8.85. The number of thiazole rings is 1. The molecular weight excluding hydrogens is 288 g/mol. The van der Waals surface area contributed by atoms with Crippen LogP contribution in [0.1, 0.15) is 16.1 Å². The molecule has 2 heterocycles. The predicted molar refractivity (Wildman–Crippen MR) is 83.2 cm³/mol. The third kappa shape index (κ3) is 2.63. The molecular formula is C14H12N4O2S. The summed E-state index contributed by atoms with van der Waals surface area (Å²) < 4.78 is 1.05. The third-order valence-corrected chi connectivity index (χ3v) is 3.85. The standard InChI is InChI=1S/C14H12N4O2S/c1-7-2-4-9-11(6-7)21-14(17-9)18-12-8(15)3-5-10(16-12)13(19)20/h2-6H,15H2,1H3,(H,19,20)(H,16,17,18). The van der Waals surface area contributed by atoms with Crippen LogP contribution in [0.15, 0.2) is 30.3 Å². The molecule has 0 unspecified atom stereocenters. The van der Waals surface area contributed by atoms with Crippen molar-refractivity contribution in [2.75, 3.05) is 11.1 Å². The van der Waals surface area contributed by atoms with E-state index in [4.69, 9.17) is 10.8 Å². The summed E-state index contributed by atoms with van der Waals surface area (Å²) in [4.78, 5) is 19.4. The van der Waals surface area contributed by atoms with Gasteiger partial charge in [0.25, 0.3) is 0 Å². The van der Waals surface area contributed by atoms with Gasteiger partial charge in [-0.1, -0.05) is 17.4 Å². The van der Waals surface area contributed by atoms with Crippen molar-refractivity contribution in [3.05, 3.63) is 41.6 Å². The minimum absolute atomic E-state index is 0.0661. The number of carboxylic acids is 1. The maximum absolute atomic E-state index is 11.0. The van der Waals surface area contributed by atoms with E-state index in [0.717, 1.165) is 15.8 Å². The Balaban J connectivity index is 1.98. The zero-order valence-corrected chi connectivity index (χ0v) is 11.9. The molecule has 7 heteroatoms. The first-order valence-corrected chi connectivity index (χ1v) is 6.98. The molecule has 2 aromatic heterocycles. The smallest absolute Gasteiger partial charge is 0.354 e. The average Bonchev–Trinajstić information content (AvgIpc) is 2.82. The van der Waals surface area contributed by atoms with Crippen molar-refractivity contribution in [3.63, 3.8) is 0 Å². The van der Waals surface area contributed by atoms with Crippen LogP contribution < -0.4 is 11.1 Å². The van der Waals surface area contributed by atoms with Crippen LogP contribution in [0.4, 0.5) is 16.6 Å². The summed E-state index contributed by atoms with van der Waals surface area (Å²) >= 11 is 1.46. The van der Waals surface area contributed by atoms with E-state index in [0.29, 0.717) is 16.6 Å². The van der Waals surface area contributed by atoms with Crippen molar-refractivity contribution >= 4 is 44.2 Å². The van der Waals surface area contributed by atoms with Crippen molar-refractivity contribution < 1.29 is 9.90 Å². The molecule has 0 aliphatic rings. The van der Waals surface area contributed by atoms with E-state index in [2.05, 4.69) is 15.3 Å². The van der Waals surface area contributed by atoms with Crippen LogP contribution in [0.25, 0.3) is 10.2 Å². The van der Waals surface area contributed by atoms with Gasteiger partial charge in [-0.3, -0.25) is 0 Å². The van der Waals surface area contributed by atoms with E-state index in [9.17, 15) is 4.79 Å². The number of nitrogens with two attached hydrogens (primary N) is 1. The van der Waals surface area contributed by atoms with Crippen LogP contribution in [0.3, 0.4) is 0 Å². The molecule has 6 nitrogen and oxygen atoms in total. The topological polar surface area (TPSA) is 101 Å². The first-order valence-electron chi connectivity index (χ1n) is 6.17. The zero-order chi connectivity index (χ0) is 15.0. The normalized spacial score (nSPS) is 10.7. The van der Waals surface area contributed by atoms with Crippen LogP contribution in [0.5, 0.6) is 0 Å². The van der Waals surface area contributed by atoms with Gasteiger partial charge in [0, 0.05) is 0 Å². The number of nitrogen functional groups attached to an aromatic ring is 1. The number of aromatic nitrogens is 2. The fourth-order valence-corrected chi connectivity index (χ4v) is 2.84. The van der Waals surface area contributed by atoms with Crippen LogP contribution in [0.2, 0.25) is 0 Å². The van der Waals surface area contributed by atoms with E-state index in [1.165, 1.54) is 23.5 Å². The van der Waals surface area contributed by atoms with Crippen molar-refractivity contribution in [1.82, 2.24) is 9.97 Å². The summed E-state index contributed by atoms with van der Waals surface area (Å²) in [5.41, 5.74) is 8.15. The van der Waals surface area contributed by atoms with Gasteiger partial charge in [-0.25, -0.2) is 14.8 Å². The number of carbonyl (C=O) groups is 1. The van der Waals surface area contributed by atoms with E-state index in [-0.39, 0.29) is 5.69 Å². The van der Waals surface area contributed by atoms with Crippen molar-refractivity contribution in [1.29, 1.82) is 0 Å². The fourth-order valence-electron chi connectivity index (χ4n) is 1.88. The SMILES string of the molecule is Cc1ccc2nc(Nc3nc(C(=O)O)ccc3N)sc2c1. The number of carboxylic acid groups (broad SMARTS) is 1. The Morgan fingerprint density at radius 1 is 1.29 bits per heavy atom. The predicted octanol–water partition coefficient (Wildman–Crippen LogP) is 3.02. The number of aromatic carboxylic acids is 1. The third-order valence-electron chi connectivity index (χ3n) is 2.91. The number of nitrogens with one attached hydrogen (secondary N) is 1. The Hall–Kier alpha value is -2.67. The summed E-state index contributed by atoms with van der Waals surface area (Å²) in [6.07, 6.45) is 0. The second kappa shape index (κ2) is 5.02. The van der Waals surface area contributed by atoms with Gasteiger partial charge in [-0.2, -0.15) is 0 Å². The molecule has 0 spiro atoms. The summed E-state index contributed by atoms with van der Waals surface area (Å²) in [5, 5.41) is 12.6. The lowest BCUT2D eigenvalue weighted by atomic mass is 10.2. The molecule has 0 bridgehead atoms. The summed E-state index contributed by atoms with van der Waals surface area (Å²) in [6.45, 7) is 2.02. The van der Waals surface area contributed by atoms with E-state index >= 15 is 0 Å². The summed E-state index contributed by atoms with van der Waals surface area (Å²) in [7, 11) is 0. The molecule has 0 amide bonds. The lowest BCUT2D eigenvalue weighted by Gasteiger charge is -2.05. The molecule has 106 valence electrons. The minimum atomic E-state index is -1.10. The van der Waals surface area contributed by atoms with Crippen LogP contribution in [0, 0.1) is 6.92 Å². The molecule has 0 saturated heterocycles. The van der Waals surface area contributed by atoms with Gasteiger partial charge in [-0.05, 0) is 36.8 Å². The summed E-state index contributed by atoms with van der Waals surface area (Å²) in [5.74, 6) is -0.802. The number of hydrogen-bond acceptors (Lipinski definition) is 6. The first kappa shape index (κ1) is 13.3. The molecule has 0 fully saturated rings. The molecule has 3 rings (SSSR count). The van der Waals surface area contributed by atoms with Gasteiger partial charge < -0.3 is 16.2 Å². The van der Waals surface area contributed by atoms with Gasteiger partial charge in [0.05, 0.1) is 15.9 Å². The van der Waals surface area contributed by atoms with Gasteiger partial charge >= 0.3 is 5.97 Å². The highest BCUT2D eigenvalue weighted by atomic mass is 32.1. The maximum atomic E-state index is 11.0. The Kier molecular flexibility index (Phi) is 3.19. The Bertz CT molecular complexity index is 844. The van der Waals surface area contributed by atoms with Crippen molar-refractivity contribution in [3.8, 4) is 0 Å². The van der Waals surface area contributed by atoms with Crippen LogP contribution >= 0.6 is 11.3 Å². The lowest BCUT2D eigenvalue weighted by molar-refractivity contribution is 0.0690. The number of fused-ring (bicyclic) bond motifs is 1. The van der Waals surface area contributed by atoms with Crippen LogP contribution in [-0.2, 0) is 0 Å². The van der Waals surface area contributed by atoms with Gasteiger partial charge in [-0.15, -0.1) is 0 Å². The monoisotopic (exact) mass is 300 g/mol. The van der Waals surface area contributed by atoms with Crippen molar-refractivity contribution in [2.24, 2.45) is 0 Å². The van der Waals surface area contributed by atoms with E-state index in [1.54, 1.807) is 0 Å². The van der Waals surface area contributed by atoms with Crippen molar-refractivity contribution in [2.45, 2.75) is 6.92 Å². The molecule has 1 aromatic carbocycles. The molecule has 3 aromatic rings. The Labute approximate surface area is 124 Å². The Morgan fingerprint density at radius 3 is 2.86 bits per heavy atom. The fraction of sp³-hybridized carbons (Fsp3) is 0.0714. The first-order chi connectivity index (χ1) is 10.0. The molecule has 0 atom stereocenters. The number of aryl methyl sites for hydroxylation is 1. The van der Waals surface area contributed by atoms with Gasteiger partial charge in [0.1, 0.15) is 0 Å². The number of rotatable bonds is 3. The maximum Gasteiger partial charge on any atom is 0.354 e. The van der Waals surface area contributed by atoms with Gasteiger partial charge in [0.15, 0.2) is 16.6 Å². The van der Waals surface area contributed by atoms with E-state index < -0.39 is 5.97 Å². The molecule has 0 saturated carbocycles. The van der Waals surface area contributed by atoms with Gasteiger partial charge in [0.2, 0.25) is 0 Å². The highest BCUT2D eigenvalue weighted by molar-refractivity contribution is 7.22. The number of nitrogens with zero attached hydrogens (tertiary/aromatic N) is 2. The average molecular weight is 300 g/mol. The zero-order valence-electron chi connectivity index (χ0n) is 11.1. The number of benzene rings is 1.